The van der Waals surface area contributed by atoms with Crippen molar-refractivity contribution in [2.45, 2.75) is 39.1 Å². The minimum Gasteiger partial charge on any atom is -0.481 e. The van der Waals surface area contributed by atoms with Crippen molar-refractivity contribution in [3.8, 4) is 0 Å². The minimum absolute atomic E-state index is 0.641. The number of carboxylic acids is 1. The Morgan fingerprint density at radius 1 is 1.41 bits per heavy atom. The maximum Gasteiger partial charge on any atom is 0.309 e. The van der Waals surface area contributed by atoms with Gasteiger partial charge in [-0.15, -0.1) is 11.8 Å². The van der Waals surface area contributed by atoms with Crippen LogP contribution in [0.15, 0.2) is 17.2 Å². The van der Waals surface area contributed by atoms with Gasteiger partial charge in [-0.3, -0.25) is 4.79 Å². The molecule has 0 unspecified atom stereocenters. The second-order valence-corrected chi connectivity index (χ2v) is 6.03. The van der Waals surface area contributed by atoms with E-state index in [2.05, 4.69) is 4.98 Å². The average Bonchev–Trinajstić information content (AvgIpc) is 2.15. The van der Waals surface area contributed by atoms with Crippen molar-refractivity contribution in [3.63, 3.8) is 0 Å². The van der Waals surface area contributed by atoms with Gasteiger partial charge in [-0.25, -0.2) is 4.98 Å². The molecule has 94 valence electrons. The number of hydrogen-bond acceptors (Lipinski definition) is 3. The zero-order chi connectivity index (χ0) is 13.1. The maximum absolute atomic E-state index is 10.9. The number of nitrogens with zero attached hydrogens (tertiary/aromatic N) is 1. The Kier molecular flexibility index (Phi) is 4.57. The van der Waals surface area contributed by atoms with Gasteiger partial charge in [0.05, 0.1) is 10.4 Å². The third kappa shape index (κ3) is 4.38. The second kappa shape index (κ2) is 5.54. The summed E-state index contributed by atoms with van der Waals surface area (Å²) in [6.45, 7) is 7.52. The maximum atomic E-state index is 10.9. The van der Waals surface area contributed by atoms with Gasteiger partial charge in [0.2, 0.25) is 0 Å². The van der Waals surface area contributed by atoms with Crippen molar-refractivity contribution in [2.24, 2.45) is 5.41 Å². The number of hydrogen-bond donors (Lipinski definition) is 1. The first-order valence-electron chi connectivity index (χ1n) is 5.63. The predicted octanol–water partition coefficient (Wildman–Crippen LogP) is 3.29. The van der Waals surface area contributed by atoms with Gasteiger partial charge in [-0.2, -0.15) is 0 Å². The van der Waals surface area contributed by atoms with Crippen molar-refractivity contribution < 1.29 is 9.90 Å². The number of aromatic nitrogens is 1. The molecule has 17 heavy (non-hydrogen) atoms. The van der Waals surface area contributed by atoms with Crippen LogP contribution >= 0.6 is 11.8 Å². The van der Waals surface area contributed by atoms with Crippen LogP contribution in [0, 0.1) is 19.3 Å². The first-order valence-corrected chi connectivity index (χ1v) is 6.61. The molecule has 0 bridgehead atoms. The summed E-state index contributed by atoms with van der Waals surface area (Å²) >= 11 is 1.62. The molecule has 1 aromatic rings. The first-order chi connectivity index (χ1) is 7.81. The Balaban J connectivity index is 2.54. The lowest BCUT2D eigenvalue weighted by atomic mass is 9.91. The Hall–Kier alpha value is -1.03. The summed E-state index contributed by atoms with van der Waals surface area (Å²) in [5.74, 6) is 0.0290. The number of aryl methyl sites for hydroxylation is 2. The summed E-state index contributed by atoms with van der Waals surface area (Å²) in [6.07, 6.45) is 0.641. The minimum atomic E-state index is -0.744. The second-order valence-electron chi connectivity index (χ2n) is 4.91. The van der Waals surface area contributed by atoms with Gasteiger partial charge in [-0.05, 0) is 51.8 Å². The van der Waals surface area contributed by atoms with Crippen LogP contribution < -0.4 is 0 Å². The molecule has 1 N–H and O–H groups in total. The lowest BCUT2D eigenvalue weighted by molar-refractivity contribution is -0.146. The Labute approximate surface area is 107 Å². The Morgan fingerprint density at radius 2 is 2.06 bits per heavy atom. The Morgan fingerprint density at radius 3 is 2.59 bits per heavy atom. The fourth-order valence-electron chi connectivity index (χ4n) is 1.40. The van der Waals surface area contributed by atoms with Crippen LogP contribution in [0.1, 0.15) is 31.5 Å². The van der Waals surface area contributed by atoms with Crippen molar-refractivity contribution in [1.82, 2.24) is 4.98 Å². The van der Waals surface area contributed by atoms with E-state index in [-0.39, 0.29) is 0 Å². The van der Waals surface area contributed by atoms with Gasteiger partial charge in [0.15, 0.2) is 0 Å². The van der Waals surface area contributed by atoms with Crippen LogP contribution in [0.2, 0.25) is 0 Å². The molecule has 1 heterocycles. The molecular weight excluding hydrogens is 234 g/mol. The average molecular weight is 253 g/mol. The summed E-state index contributed by atoms with van der Waals surface area (Å²) < 4.78 is 0. The molecule has 0 fully saturated rings. The summed E-state index contributed by atoms with van der Waals surface area (Å²) in [7, 11) is 0. The zero-order valence-electron chi connectivity index (χ0n) is 10.8. The molecule has 0 radical (unpaired) electrons. The smallest absolute Gasteiger partial charge is 0.309 e. The molecular formula is C13H19NO2S. The fraction of sp³-hybridized carbons (Fsp3) is 0.538. The summed E-state index contributed by atoms with van der Waals surface area (Å²) in [6, 6.07) is 4.07. The van der Waals surface area contributed by atoms with Gasteiger partial charge < -0.3 is 5.11 Å². The molecule has 0 amide bonds. The number of aliphatic carboxylic acids is 1. The van der Waals surface area contributed by atoms with Crippen molar-refractivity contribution in [2.75, 3.05) is 5.75 Å². The molecule has 0 aliphatic carbocycles. The highest BCUT2D eigenvalue weighted by Gasteiger charge is 2.26. The lowest BCUT2D eigenvalue weighted by Crippen LogP contribution is -2.24. The van der Waals surface area contributed by atoms with E-state index in [0.29, 0.717) is 6.42 Å². The third-order valence-corrected chi connectivity index (χ3v) is 3.54. The summed E-state index contributed by atoms with van der Waals surface area (Å²) in [5, 5.41) is 9.98. The molecule has 1 aromatic heterocycles. The van der Waals surface area contributed by atoms with Crippen molar-refractivity contribution in [1.29, 1.82) is 0 Å². The SMILES string of the molecule is Cc1cc(C)nc(SCCC(C)(C)C(=O)O)c1. The molecule has 0 aliphatic heterocycles. The van der Waals surface area contributed by atoms with Crippen LogP contribution in [0.25, 0.3) is 0 Å². The molecule has 0 aromatic carbocycles. The van der Waals surface area contributed by atoms with Crippen molar-refractivity contribution in [3.05, 3.63) is 23.4 Å². The Bertz CT molecular complexity index is 396. The molecule has 0 saturated carbocycles. The fourth-order valence-corrected chi connectivity index (χ4v) is 2.70. The third-order valence-electron chi connectivity index (χ3n) is 2.63. The zero-order valence-corrected chi connectivity index (χ0v) is 11.6. The summed E-state index contributed by atoms with van der Waals surface area (Å²) in [4.78, 5) is 15.4. The normalized spacial score (nSPS) is 11.5. The molecule has 0 spiro atoms. The predicted molar refractivity (Wildman–Crippen MR) is 70.5 cm³/mol. The highest BCUT2D eigenvalue weighted by molar-refractivity contribution is 7.99. The standard InChI is InChI=1S/C13H19NO2S/c1-9-7-10(2)14-11(8-9)17-6-5-13(3,4)12(15)16/h7-8H,5-6H2,1-4H3,(H,15,16). The molecule has 0 saturated heterocycles. The van der Waals surface area contributed by atoms with Crippen LogP contribution in [0.5, 0.6) is 0 Å². The lowest BCUT2D eigenvalue weighted by Gasteiger charge is -2.18. The van der Waals surface area contributed by atoms with E-state index >= 15 is 0 Å². The largest absolute Gasteiger partial charge is 0.481 e. The van der Waals surface area contributed by atoms with Gasteiger partial charge in [0, 0.05) is 11.4 Å². The number of carboxylic acid groups (broad SMARTS) is 1. The van der Waals surface area contributed by atoms with E-state index < -0.39 is 11.4 Å². The van der Waals surface area contributed by atoms with Crippen LogP contribution in [0.3, 0.4) is 0 Å². The van der Waals surface area contributed by atoms with E-state index in [1.54, 1.807) is 25.6 Å². The number of pyridine rings is 1. The monoisotopic (exact) mass is 253 g/mol. The van der Waals surface area contributed by atoms with Gasteiger partial charge in [-0.1, -0.05) is 0 Å². The van der Waals surface area contributed by atoms with E-state index in [1.807, 2.05) is 26.0 Å². The van der Waals surface area contributed by atoms with Gasteiger partial charge >= 0.3 is 5.97 Å². The topological polar surface area (TPSA) is 50.2 Å². The van der Waals surface area contributed by atoms with Crippen molar-refractivity contribution >= 4 is 17.7 Å². The van der Waals surface area contributed by atoms with E-state index in [0.717, 1.165) is 16.5 Å². The van der Waals surface area contributed by atoms with Gasteiger partial charge in [0.1, 0.15) is 0 Å². The number of rotatable bonds is 5. The van der Waals surface area contributed by atoms with E-state index in [4.69, 9.17) is 5.11 Å². The van der Waals surface area contributed by atoms with Crippen LogP contribution in [-0.4, -0.2) is 21.8 Å². The molecule has 0 aliphatic rings. The van der Waals surface area contributed by atoms with Gasteiger partial charge in [0.25, 0.3) is 0 Å². The quantitative estimate of drug-likeness (QED) is 0.818. The first kappa shape index (κ1) is 14.0. The molecule has 1 rings (SSSR count). The molecule has 3 nitrogen and oxygen atoms in total. The molecule has 4 heteroatoms. The van der Waals surface area contributed by atoms with E-state index in [9.17, 15) is 4.79 Å². The molecule has 0 atom stereocenters. The number of carbonyl (C=O) groups is 1. The van der Waals surface area contributed by atoms with E-state index in [1.165, 1.54) is 5.56 Å². The highest BCUT2D eigenvalue weighted by Crippen LogP contribution is 2.26. The van der Waals surface area contributed by atoms with Crippen LogP contribution in [-0.2, 0) is 4.79 Å². The number of thioether (sulfide) groups is 1. The van der Waals surface area contributed by atoms with Crippen LogP contribution in [0.4, 0.5) is 0 Å². The summed E-state index contributed by atoms with van der Waals surface area (Å²) in [5.41, 5.74) is 1.54. The highest BCUT2D eigenvalue weighted by atomic mass is 32.2.